The summed E-state index contributed by atoms with van der Waals surface area (Å²) in [5.74, 6) is 0.172. The lowest BCUT2D eigenvalue weighted by atomic mass is 10.2. The van der Waals surface area contributed by atoms with Gasteiger partial charge < -0.3 is 15.4 Å². The first kappa shape index (κ1) is 20.7. The molecule has 2 aromatic heterocycles. The van der Waals surface area contributed by atoms with Gasteiger partial charge in [0.2, 0.25) is 5.91 Å². The van der Waals surface area contributed by atoms with Crippen LogP contribution in [0.3, 0.4) is 0 Å². The number of hydrogen-bond donors (Lipinski definition) is 2. The van der Waals surface area contributed by atoms with Crippen LogP contribution in [0.5, 0.6) is 5.75 Å². The van der Waals surface area contributed by atoms with Crippen LogP contribution in [-0.4, -0.2) is 59.5 Å². The molecule has 0 unspecified atom stereocenters. The molecular weight excluding hydrogens is 370 g/mol. The second-order valence-electron chi connectivity index (χ2n) is 6.90. The van der Waals surface area contributed by atoms with Crippen molar-refractivity contribution in [1.29, 1.82) is 0 Å². The van der Waals surface area contributed by atoms with Crippen molar-refractivity contribution in [3.8, 4) is 5.75 Å². The van der Waals surface area contributed by atoms with Gasteiger partial charge in [0.1, 0.15) is 6.61 Å². The fourth-order valence-electron chi connectivity index (χ4n) is 3.19. The molecule has 1 aliphatic rings. The van der Waals surface area contributed by atoms with E-state index in [1.807, 2.05) is 18.3 Å². The zero-order valence-electron chi connectivity index (χ0n) is 16.5. The fourth-order valence-corrected chi connectivity index (χ4v) is 3.19. The van der Waals surface area contributed by atoms with Gasteiger partial charge in [0.15, 0.2) is 11.4 Å². The number of nitrogens with one attached hydrogen (secondary N) is 2. The van der Waals surface area contributed by atoms with Crippen molar-refractivity contribution in [3.05, 3.63) is 54.1 Å². The summed E-state index contributed by atoms with van der Waals surface area (Å²) in [6.07, 6.45) is 7.21. The third kappa shape index (κ3) is 6.83. The predicted molar refractivity (Wildman–Crippen MR) is 108 cm³/mol. The zero-order valence-corrected chi connectivity index (χ0v) is 16.5. The second-order valence-corrected chi connectivity index (χ2v) is 6.90. The monoisotopic (exact) mass is 397 g/mol. The molecule has 3 rings (SSSR count). The normalized spacial score (nSPS) is 17.5. The van der Waals surface area contributed by atoms with Gasteiger partial charge in [0.05, 0.1) is 6.54 Å². The Bertz CT molecular complexity index is 800. The predicted octanol–water partition coefficient (Wildman–Crippen LogP) is 1.39. The molecule has 8 nitrogen and oxygen atoms in total. The summed E-state index contributed by atoms with van der Waals surface area (Å²) < 4.78 is 5.64. The molecule has 0 aromatic carbocycles. The number of carbonyl (C=O) groups excluding carboxylic acids is 2. The molecule has 2 amide bonds. The second kappa shape index (κ2) is 11.1. The Hall–Kier alpha value is -3.00. The molecule has 29 heavy (non-hydrogen) atoms. The van der Waals surface area contributed by atoms with Gasteiger partial charge in [0.25, 0.3) is 5.91 Å². The molecule has 0 radical (unpaired) electrons. The summed E-state index contributed by atoms with van der Waals surface area (Å²) in [5.41, 5.74) is 1.39. The highest BCUT2D eigenvalue weighted by Gasteiger charge is 2.15. The van der Waals surface area contributed by atoms with Crippen LogP contribution >= 0.6 is 0 Å². The largest absolute Gasteiger partial charge is 0.489 e. The average molecular weight is 397 g/mol. The first-order valence-corrected chi connectivity index (χ1v) is 9.96. The minimum atomic E-state index is -0.254. The Morgan fingerprint density at radius 3 is 2.76 bits per heavy atom. The highest BCUT2D eigenvalue weighted by atomic mass is 16.5. The number of aromatic nitrogens is 2. The molecule has 8 heteroatoms. The maximum atomic E-state index is 12.5. The van der Waals surface area contributed by atoms with Gasteiger partial charge in [0, 0.05) is 44.6 Å². The third-order valence-electron chi connectivity index (χ3n) is 4.61. The van der Waals surface area contributed by atoms with Crippen molar-refractivity contribution in [3.63, 3.8) is 0 Å². The summed E-state index contributed by atoms with van der Waals surface area (Å²) >= 11 is 0. The number of nitrogens with zero attached hydrogens (tertiary/aromatic N) is 3. The standard InChI is InChI=1S/C21H27N5O3/c27-19-7-3-12-26(16-17-5-1-8-22-15-17)13-4-10-25-21(28)20-18(6-2-9-24-20)29-14-11-23-19/h1-2,5-6,8-9,15H,3-4,7,10-14,16H2,(H,23,27)(H,25,28). The van der Waals surface area contributed by atoms with Gasteiger partial charge >= 0.3 is 0 Å². The minimum Gasteiger partial charge on any atom is -0.489 e. The summed E-state index contributed by atoms with van der Waals surface area (Å²) in [6.45, 7) is 3.58. The molecule has 0 spiro atoms. The molecule has 0 saturated heterocycles. The summed E-state index contributed by atoms with van der Waals surface area (Å²) in [7, 11) is 0. The number of pyridine rings is 2. The minimum absolute atomic E-state index is 0.00572. The topological polar surface area (TPSA) is 96.5 Å². The highest BCUT2D eigenvalue weighted by molar-refractivity contribution is 5.94. The smallest absolute Gasteiger partial charge is 0.273 e. The summed E-state index contributed by atoms with van der Waals surface area (Å²) in [6, 6.07) is 7.40. The molecular formula is C21H27N5O3. The van der Waals surface area contributed by atoms with Crippen LogP contribution in [0, 0.1) is 0 Å². The van der Waals surface area contributed by atoms with E-state index in [-0.39, 0.29) is 24.1 Å². The molecule has 0 fully saturated rings. The van der Waals surface area contributed by atoms with Crippen molar-refractivity contribution in [2.45, 2.75) is 25.8 Å². The lowest BCUT2D eigenvalue weighted by molar-refractivity contribution is -0.121. The van der Waals surface area contributed by atoms with E-state index in [0.29, 0.717) is 25.3 Å². The molecule has 0 saturated carbocycles. The van der Waals surface area contributed by atoms with Crippen LogP contribution < -0.4 is 15.4 Å². The lowest BCUT2D eigenvalue weighted by Gasteiger charge is -2.22. The number of amides is 2. The number of fused-ring (bicyclic) bond motifs is 1. The van der Waals surface area contributed by atoms with Crippen LogP contribution in [0.15, 0.2) is 42.9 Å². The van der Waals surface area contributed by atoms with E-state index >= 15 is 0 Å². The highest BCUT2D eigenvalue weighted by Crippen LogP contribution is 2.15. The van der Waals surface area contributed by atoms with Gasteiger partial charge in [-0.15, -0.1) is 0 Å². The maximum Gasteiger partial charge on any atom is 0.273 e. The van der Waals surface area contributed by atoms with E-state index in [1.54, 1.807) is 24.5 Å². The molecule has 0 atom stereocenters. The van der Waals surface area contributed by atoms with E-state index in [4.69, 9.17) is 4.74 Å². The molecule has 2 aromatic rings. The molecule has 2 N–H and O–H groups in total. The maximum absolute atomic E-state index is 12.5. The Kier molecular flexibility index (Phi) is 7.94. The lowest BCUT2D eigenvalue weighted by Crippen LogP contribution is -2.33. The zero-order chi connectivity index (χ0) is 20.3. The summed E-state index contributed by atoms with van der Waals surface area (Å²) in [5, 5.41) is 5.78. The first-order valence-electron chi connectivity index (χ1n) is 9.96. The number of hydrogen-bond acceptors (Lipinski definition) is 6. The molecule has 1 aliphatic heterocycles. The summed E-state index contributed by atoms with van der Waals surface area (Å²) in [4.78, 5) is 35.2. The van der Waals surface area contributed by atoms with Gasteiger partial charge in [-0.05, 0) is 43.1 Å². The van der Waals surface area contributed by atoms with Crippen LogP contribution in [0.4, 0.5) is 0 Å². The van der Waals surface area contributed by atoms with Crippen LogP contribution in [0.25, 0.3) is 0 Å². The Balaban J connectivity index is 1.64. The van der Waals surface area contributed by atoms with Crippen molar-refractivity contribution in [2.24, 2.45) is 0 Å². The van der Waals surface area contributed by atoms with Crippen LogP contribution in [0.1, 0.15) is 35.3 Å². The fraction of sp³-hybridized carbons (Fsp3) is 0.429. The SMILES string of the molecule is O=C1CCCN(Cc2cccnc2)CCCNC(=O)c2ncccc2OCCN1. The van der Waals surface area contributed by atoms with Crippen molar-refractivity contribution in [2.75, 3.05) is 32.8 Å². The van der Waals surface area contributed by atoms with Crippen LogP contribution in [0.2, 0.25) is 0 Å². The third-order valence-corrected chi connectivity index (χ3v) is 4.61. The number of carbonyl (C=O) groups is 2. The van der Waals surface area contributed by atoms with Crippen LogP contribution in [-0.2, 0) is 11.3 Å². The first-order chi connectivity index (χ1) is 14.2. The Labute approximate surface area is 170 Å². The molecule has 154 valence electrons. The van der Waals surface area contributed by atoms with E-state index in [0.717, 1.165) is 38.0 Å². The van der Waals surface area contributed by atoms with Crippen molar-refractivity contribution in [1.82, 2.24) is 25.5 Å². The van der Waals surface area contributed by atoms with E-state index < -0.39 is 0 Å². The molecule has 0 bridgehead atoms. The van der Waals surface area contributed by atoms with Crippen molar-refractivity contribution >= 4 is 11.8 Å². The molecule has 3 heterocycles. The quantitative estimate of drug-likeness (QED) is 0.795. The van der Waals surface area contributed by atoms with Crippen molar-refractivity contribution < 1.29 is 14.3 Å². The van der Waals surface area contributed by atoms with Gasteiger partial charge in [-0.3, -0.25) is 19.5 Å². The number of rotatable bonds is 2. The van der Waals surface area contributed by atoms with E-state index in [1.165, 1.54) is 0 Å². The van der Waals surface area contributed by atoms with Gasteiger partial charge in [-0.25, -0.2) is 4.98 Å². The van der Waals surface area contributed by atoms with E-state index in [2.05, 4.69) is 25.5 Å². The average Bonchev–Trinajstić information content (AvgIpc) is 2.74. The Morgan fingerprint density at radius 2 is 1.90 bits per heavy atom. The van der Waals surface area contributed by atoms with E-state index in [9.17, 15) is 9.59 Å². The number of ether oxygens (including phenoxy) is 1. The Morgan fingerprint density at radius 1 is 1.03 bits per heavy atom. The van der Waals surface area contributed by atoms with Gasteiger partial charge in [-0.1, -0.05) is 6.07 Å². The van der Waals surface area contributed by atoms with Gasteiger partial charge in [-0.2, -0.15) is 0 Å². The molecule has 0 aliphatic carbocycles.